The van der Waals surface area contributed by atoms with Gasteiger partial charge in [0.15, 0.2) is 0 Å². The van der Waals surface area contributed by atoms with Crippen molar-refractivity contribution in [1.82, 2.24) is 5.32 Å². The summed E-state index contributed by atoms with van der Waals surface area (Å²) in [5.41, 5.74) is 0. The highest BCUT2D eigenvalue weighted by Gasteiger charge is 2.30. The molecule has 0 saturated carbocycles. The third kappa shape index (κ3) is 3.72. The summed E-state index contributed by atoms with van der Waals surface area (Å²) in [7, 11) is 1.76. The zero-order valence-corrected chi connectivity index (χ0v) is 11.3. The summed E-state index contributed by atoms with van der Waals surface area (Å²) >= 11 is 0. The molecule has 3 heteroatoms. The van der Waals surface area contributed by atoms with E-state index < -0.39 is 0 Å². The summed E-state index contributed by atoms with van der Waals surface area (Å²) in [5.74, 6) is 1.27. The molecule has 4 unspecified atom stereocenters. The van der Waals surface area contributed by atoms with Crippen molar-refractivity contribution in [2.75, 3.05) is 20.3 Å². The van der Waals surface area contributed by atoms with Crippen LogP contribution in [-0.4, -0.2) is 38.5 Å². The van der Waals surface area contributed by atoms with Crippen molar-refractivity contribution in [2.45, 2.75) is 52.4 Å². The van der Waals surface area contributed by atoms with E-state index >= 15 is 0 Å². The van der Waals surface area contributed by atoms with Crippen LogP contribution in [0.25, 0.3) is 0 Å². The molecule has 1 heterocycles. The van der Waals surface area contributed by atoms with Crippen LogP contribution in [0.2, 0.25) is 0 Å². The van der Waals surface area contributed by atoms with Crippen LogP contribution in [0.1, 0.15) is 34.1 Å². The first-order valence-electron chi connectivity index (χ1n) is 6.44. The molecule has 0 aromatic rings. The van der Waals surface area contributed by atoms with Crippen LogP contribution in [0.5, 0.6) is 0 Å². The molecule has 1 fully saturated rings. The third-order valence-electron chi connectivity index (χ3n) is 3.70. The Morgan fingerprint density at radius 1 is 1.31 bits per heavy atom. The van der Waals surface area contributed by atoms with Crippen molar-refractivity contribution in [3.8, 4) is 0 Å². The van der Waals surface area contributed by atoms with E-state index in [1.54, 1.807) is 7.11 Å². The average molecular weight is 229 g/mol. The minimum Gasteiger partial charge on any atom is -0.380 e. The predicted molar refractivity (Wildman–Crippen MR) is 66.6 cm³/mol. The van der Waals surface area contributed by atoms with Gasteiger partial charge in [-0.2, -0.15) is 0 Å². The third-order valence-corrected chi connectivity index (χ3v) is 3.70. The van der Waals surface area contributed by atoms with E-state index in [2.05, 4.69) is 33.0 Å². The second-order valence-electron chi connectivity index (χ2n) is 5.27. The Kier molecular flexibility index (Phi) is 5.73. The zero-order chi connectivity index (χ0) is 12.1. The molecule has 0 radical (unpaired) electrons. The molecule has 1 saturated heterocycles. The molecule has 1 aliphatic rings. The van der Waals surface area contributed by atoms with Gasteiger partial charge in [-0.3, -0.25) is 0 Å². The Bertz CT molecular complexity index is 196. The summed E-state index contributed by atoms with van der Waals surface area (Å²) in [4.78, 5) is 0. The summed E-state index contributed by atoms with van der Waals surface area (Å²) in [5, 5.41) is 3.56. The quantitative estimate of drug-likeness (QED) is 0.756. The second-order valence-corrected chi connectivity index (χ2v) is 5.27. The van der Waals surface area contributed by atoms with Crippen LogP contribution in [0.4, 0.5) is 0 Å². The van der Waals surface area contributed by atoms with Gasteiger partial charge in [-0.15, -0.1) is 0 Å². The molecule has 0 amide bonds. The van der Waals surface area contributed by atoms with Crippen molar-refractivity contribution in [3.63, 3.8) is 0 Å². The van der Waals surface area contributed by atoms with Crippen molar-refractivity contribution in [3.05, 3.63) is 0 Å². The van der Waals surface area contributed by atoms with Crippen molar-refractivity contribution in [2.24, 2.45) is 11.8 Å². The Hall–Kier alpha value is -0.120. The number of rotatable bonds is 6. The maximum Gasteiger partial charge on any atom is 0.0693 e. The summed E-state index contributed by atoms with van der Waals surface area (Å²) < 4.78 is 11.1. The largest absolute Gasteiger partial charge is 0.380 e. The lowest BCUT2D eigenvalue weighted by Gasteiger charge is -2.26. The van der Waals surface area contributed by atoms with Gasteiger partial charge in [0.1, 0.15) is 0 Å². The fourth-order valence-corrected chi connectivity index (χ4v) is 2.32. The maximum atomic E-state index is 5.77. The first-order chi connectivity index (χ1) is 7.56. The van der Waals surface area contributed by atoms with Crippen LogP contribution in [0.15, 0.2) is 0 Å². The average Bonchev–Trinajstić information content (AvgIpc) is 2.72. The van der Waals surface area contributed by atoms with Gasteiger partial charge in [-0.05, 0) is 32.1 Å². The summed E-state index contributed by atoms with van der Waals surface area (Å²) in [6.07, 6.45) is 1.88. The number of methoxy groups -OCH3 is 1. The fourth-order valence-electron chi connectivity index (χ4n) is 2.32. The van der Waals surface area contributed by atoms with E-state index in [4.69, 9.17) is 9.47 Å². The standard InChI is InChI=1S/C13H27NO2/c1-9(2)13-12(6-7-16-13)8-14-10(3)11(4)15-5/h9-14H,6-8H2,1-5H3. The summed E-state index contributed by atoms with van der Waals surface area (Å²) in [6.45, 7) is 10.7. The molecule has 0 aliphatic carbocycles. The second kappa shape index (κ2) is 6.58. The van der Waals surface area contributed by atoms with E-state index in [0.717, 1.165) is 13.2 Å². The van der Waals surface area contributed by atoms with Crippen molar-refractivity contribution >= 4 is 0 Å². The van der Waals surface area contributed by atoms with E-state index in [1.807, 2.05) is 0 Å². The molecule has 0 spiro atoms. The van der Waals surface area contributed by atoms with Crippen molar-refractivity contribution in [1.29, 1.82) is 0 Å². The van der Waals surface area contributed by atoms with E-state index in [0.29, 0.717) is 24.0 Å². The van der Waals surface area contributed by atoms with E-state index in [1.165, 1.54) is 6.42 Å². The van der Waals surface area contributed by atoms with Gasteiger partial charge in [0.25, 0.3) is 0 Å². The van der Waals surface area contributed by atoms with Gasteiger partial charge in [-0.25, -0.2) is 0 Å². The highest BCUT2D eigenvalue weighted by Crippen LogP contribution is 2.26. The predicted octanol–water partition coefficient (Wildman–Crippen LogP) is 2.06. The van der Waals surface area contributed by atoms with Crippen LogP contribution in [0.3, 0.4) is 0 Å². The number of ether oxygens (including phenoxy) is 2. The molecule has 0 aromatic carbocycles. The minimum atomic E-state index is 0.264. The fraction of sp³-hybridized carbons (Fsp3) is 1.00. The molecule has 96 valence electrons. The molecule has 1 aliphatic heterocycles. The van der Waals surface area contributed by atoms with Gasteiger partial charge in [0, 0.05) is 26.3 Å². The molecule has 1 rings (SSSR count). The minimum absolute atomic E-state index is 0.264. The molecule has 3 nitrogen and oxygen atoms in total. The maximum absolute atomic E-state index is 5.77. The lowest BCUT2D eigenvalue weighted by molar-refractivity contribution is 0.0491. The number of nitrogens with one attached hydrogen (secondary N) is 1. The lowest BCUT2D eigenvalue weighted by atomic mass is 9.93. The Morgan fingerprint density at radius 3 is 2.56 bits per heavy atom. The molecule has 16 heavy (non-hydrogen) atoms. The van der Waals surface area contributed by atoms with Crippen LogP contribution < -0.4 is 5.32 Å². The summed E-state index contributed by atoms with van der Waals surface area (Å²) in [6, 6.07) is 0.401. The smallest absolute Gasteiger partial charge is 0.0693 e. The topological polar surface area (TPSA) is 30.5 Å². The number of hydrogen-bond acceptors (Lipinski definition) is 3. The number of hydrogen-bond donors (Lipinski definition) is 1. The molecular formula is C13H27NO2. The van der Waals surface area contributed by atoms with Gasteiger partial charge in [-0.1, -0.05) is 13.8 Å². The lowest BCUT2D eigenvalue weighted by Crippen LogP contribution is -2.41. The van der Waals surface area contributed by atoms with Crippen LogP contribution in [-0.2, 0) is 9.47 Å². The van der Waals surface area contributed by atoms with Gasteiger partial charge in [0.05, 0.1) is 12.2 Å². The first kappa shape index (κ1) is 13.9. The highest BCUT2D eigenvalue weighted by molar-refractivity contribution is 4.82. The molecule has 0 bridgehead atoms. The van der Waals surface area contributed by atoms with Crippen LogP contribution >= 0.6 is 0 Å². The molecule has 4 atom stereocenters. The zero-order valence-electron chi connectivity index (χ0n) is 11.3. The van der Waals surface area contributed by atoms with E-state index in [9.17, 15) is 0 Å². The van der Waals surface area contributed by atoms with Gasteiger partial charge in [0.2, 0.25) is 0 Å². The van der Waals surface area contributed by atoms with Crippen molar-refractivity contribution < 1.29 is 9.47 Å². The first-order valence-corrected chi connectivity index (χ1v) is 6.44. The molecular weight excluding hydrogens is 202 g/mol. The monoisotopic (exact) mass is 229 g/mol. The SMILES string of the molecule is COC(C)C(C)NCC1CCOC1C(C)C. The van der Waals surface area contributed by atoms with Crippen LogP contribution in [0, 0.1) is 11.8 Å². The van der Waals surface area contributed by atoms with E-state index in [-0.39, 0.29) is 6.10 Å². The van der Waals surface area contributed by atoms with Gasteiger partial charge < -0.3 is 14.8 Å². The highest BCUT2D eigenvalue weighted by atomic mass is 16.5. The Labute approximate surface area is 99.9 Å². The normalized spacial score (nSPS) is 29.6. The Morgan fingerprint density at radius 2 is 2.00 bits per heavy atom. The molecule has 0 aromatic heterocycles. The molecule has 1 N–H and O–H groups in total. The van der Waals surface area contributed by atoms with Gasteiger partial charge >= 0.3 is 0 Å². The Balaban J connectivity index is 2.31.